The Morgan fingerprint density at radius 2 is 2.06 bits per heavy atom. The Labute approximate surface area is 109 Å². The molecule has 0 aliphatic carbocycles. The highest BCUT2D eigenvalue weighted by molar-refractivity contribution is 6.17. The van der Waals surface area contributed by atoms with Crippen LogP contribution in [0.2, 0.25) is 0 Å². The van der Waals surface area contributed by atoms with Crippen LogP contribution >= 0.6 is 11.6 Å². The van der Waals surface area contributed by atoms with Gasteiger partial charge in [0, 0.05) is 6.20 Å². The molecule has 0 aliphatic heterocycles. The number of rotatable bonds is 3. The molecular formula is C13H10ClN3O. The zero-order chi connectivity index (χ0) is 12.4. The lowest BCUT2D eigenvalue weighted by molar-refractivity contribution is 0.389. The Bertz CT molecular complexity index is 648. The number of fused-ring (bicyclic) bond motifs is 1. The summed E-state index contributed by atoms with van der Waals surface area (Å²) in [7, 11) is 0. The second kappa shape index (κ2) is 4.66. The molecule has 3 rings (SSSR count). The van der Waals surface area contributed by atoms with Gasteiger partial charge in [0.15, 0.2) is 11.7 Å². The number of nitrogens with one attached hydrogen (secondary N) is 1. The molecule has 0 spiro atoms. The van der Waals surface area contributed by atoms with Crippen molar-refractivity contribution < 1.29 is 4.74 Å². The van der Waals surface area contributed by atoms with Crippen LogP contribution in [0.1, 0.15) is 0 Å². The molecule has 1 aromatic carbocycles. The average molecular weight is 260 g/mol. The minimum Gasteiger partial charge on any atom is -0.477 e. The molecule has 0 radical (unpaired) electrons. The number of hydrogen-bond donors (Lipinski definition) is 1. The molecule has 90 valence electrons. The first-order valence-electron chi connectivity index (χ1n) is 5.47. The maximum atomic E-state index is 5.61. The van der Waals surface area contributed by atoms with Gasteiger partial charge in [-0.15, -0.1) is 0 Å². The molecule has 0 unspecified atom stereocenters. The third kappa shape index (κ3) is 1.91. The SMILES string of the molecule is ClCOc1ccccc1-c1nc2ncccc2[nH]1. The fourth-order valence-electron chi connectivity index (χ4n) is 1.82. The molecule has 5 heteroatoms. The number of pyridine rings is 1. The second-order valence-electron chi connectivity index (χ2n) is 3.71. The van der Waals surface area contributed by atoms with Gasteiger partial charge in [-0.2, -0.15) is 0 Å². The average Bonchev–Trinajstić information content (AvgIpc) is 2.83. The molecule has 0 bridgehead atoms. The Balaban J connectivity index is 2.13. The van der Waals surface area contributed by atoms with Gasteiger partial charge >= 0.3 is 0 Å². The van der Waals surface area contributed by atoms with E-state index in [-0.39, 0.29) is 6.07 Å². The fraction of sp³-hybridized carbons (Fsp3) is 0.0769. The van der Waals surface area contributed by atoms with Gasteiger partial charge in [0.05, 0.1) is 11.1 Å². The van der Waals surface area contributed by atoms with Gasteiger partial charge < -0.3 is 9.72 Å². The summed E-state index contributed by atoms with van der Waals surface area (Å²) in [5.41, 5.74) is 2.46. The van der Waals surface area contributed by atoms with Gasteiger partial charge in [-0.05, 0) is 24.3 Å². The van der Waals surface area contributed by atoms with Crippen molar-refractivity contribution in [2.75, 3.05) is 6.07 Å². The number of hydrogen-bond acceptors (Lipinski definition) is 3. The number of aromatic amines is 1. The first-order valence-corrected chi connectivity index (χ1v) is 6.01. The molecule has 0 atom stereocenters. The molecule has 18 heavy (non-hydrogen) atoms. The zero-order valence-electron chi connectivity index (χ0n) is 9.43. The first-order chi connectivity index (χ1) is 8.88. The Morgan fingerprint density at radius 1 is 1.17 bits per heavy atom. The quantitative estimate of drug-likeness (QED) is 0.735. The highest BCUT2D eigenvalue weighted by Crippen LogP contribution is 2.28. The lowest BCUT2D eigenvalue weighted by Crippen LogP contribution is -1.92. The van der Waals surface area contributed by atoms with E-state index in [9.17, 15) is 0 Å². The molecule has 2 aromatic heterocycles. The van der Waals surface area contributed by atoms with Crippen molar-refractivity contribution in [1.29, 1.82) is 0 Å². The van der Waals surface area contributed by atoms with E-state index < -0.39 is 0 Å². The van der Waals surface area contributed by atoms with Crippen molar-refractivity contribution in [3.8, 4) is 17.1 Å². The minimum atomic E-state index is 0.107. The van der Waals surface area contributed by atoms with E-state index >= 15 is 0 Å². The monoisotopic (exact) mass is 259 g/mol. The molecule has 0 fully saturated rings. The largest absolute Gasteiger partial charge is 0.477 e. The zero-order valence-corrected chi connectivity index (χ0v) is 10.2. The summed E-state index contributed by atoms with van der Waals surface area (Å²) in [6.45, 7) is 0. The summed E-state index contributed by atoms with van der Waals surface area (Å²) in [6.07, 6.45) is 1.72. The summed E-state index contributed by atoms with van der Waals surface area (Å²) in [5.74, 6) is 1.43. The first kappa shape index (κ1) is 11.0. The predicted octanol–water partition coefficient (Wildman–Crippen LogP) is 3.20. The molecular weight excluding hydrogens is 250 g/mol. The normalized spacial score (nSPS) is 10.7. The van der Waals surface area contributed by atoms with E-state index in [0.717, 1.165) is 16.9 Å². The van der Waals surface area contributed by atoms with Crippen molar-refractivity contribution in [3.63, 3.8) is 0 Å². The topological polar surface area (TPSA) is 50.8 Å². The van der Waals surface area contributed by atoms with E-state index in [2.05, 4.69) is 15.0 Å². The van der Waals surface area contributed by atoms with Crippen LogP contribution in [0.5, 0.6) is 5.75 Å². The minimum absolute atomic E-state index is 0.107. The van der Waals surface area contributed by atoms with E-state index in [1.54, 1.807) is 6.20 Å². The molecule has 1 N–H and O–H groups in total. The standard InChI is InChI=1S/C13H10ClN3O/c14-8-18-11-6-2-1-4-9(11)12-16-10-5-3-7-15-13(10)17-12/h1-7H,8H2,(H,15,16,17). The van der Waals surface area contributed by atoms with Crippen LogP contribution in [0.3, 0.4) is 0 Å². The van der Waals surface area contributed by atoms with Gasteiger partial charge in [0.2, 0.25) is 0 Å². The van der Waals surface area contributed by atoms with E-state index in [1.807, 2.05) is 36.4 Å². The summed E-state index contributed by atoms with van der Waals surface area (Å²) >= 11 is 5.61. The number of benzene rings is 1. The van der Waals surface area contributed by atoms with Crippen molar-refractivity contribution >= 4 is 22.8 Å². The number of para-hydroxylation sites is 1. The Hall–Kier alpha value is -2.07. The number of imidazole rings is 1. The lowest BCUT2D eigenvalue weighted by atomic mass is 10.2. The highest BCUT2D eigenvalue weighted by atomic mass is 35.5. The maximum absolute atomic E-state index is 5.61. The molecule has 0 saturated heterocycles. The summed E-state index contributed by atoms with van der Waals surface area (Å²) in [6, 6.07) is 11.5. The smallest absolute Gasteiger partial charge is 0.178 e. The summed E-state index contributed by atoms with van der Waals surface area (Å²) < 4.78 is 5.37. The predicted molar refractivity (Wildman–Crippen MR) is 70.7 cm³/mol. The van der Waals surface area contributed by atoms with E-state index in [4.69, 9.17) is 16.3 Å². The number of nitrogens with zero attached hydrogens (tertiary/aromatic N) is 2. The fourth-order valence-corrected chi connectivity index (χ4v) is 1.94. The van der Waals surface area contributed by atoms with Crippen molar-refractivity contribution in [3.05, 3.63) is 42.6 Å². The Kier molecular flexibility index (Phi) is 2.86. The van der Waals surface area contributed by atoms with E-state index in [0.29, 0.717) is 11.4 Å². The molecule has 2 heterocycles. The second-order valence-corrected chi connectivity index (χ2v) is 3.93. The Morgan fingerprint density at radius 3 is 2.89 bits per heavy atom. The van der Waals surface area contributed by atoms with Gasteiger partial charge in [-0.3, -0.25) is 0 Å². The van der Waals surface area contributed by atoms with Crippen LogP contribution in [0, 0.1) is 0 Å². The van der Waals surface area contributed by atoms with Gasteiger partial charge in [0.1, 0.15) is 11.6 Å². The number of halogens is 1. The van der Waals surface area contributed by atoms with Crippen molar-refractivity contribution in [2.24, 2.45) is 0 Å². The summed E-state index contributed by atoms with van der Waals surface area (Å²) in [4.78, 5) is 11.8. The van der Waals surface area contributed by atoms with Gasteiger partial charge in [0.25, 0.3) is 0 Å². The van der Waals surface area contributed by atoms with Crippen LogP contribution < -0.4 is 4.74 Å². The van der Waals surface area contributed by atoms with Gasteiger partial charge in [-0.1, -0.05) is 23.7 Å². The van der Waals surface area contributed by atoms with Crippen LogP contribution in [-0.4, -0.2) is 21.0 Å². The van der Waals surface area contributed by atoms with Crippen LogP contribution in [0.25, 0.3) is 22.6 Å². The number of ether oxygens (including phenoxy) is 1. The maximum Gasteiger partial charge on any atom is 0.178 e. The van der Waals surface area contributed by atoms with Crippen LogP contribution in [0.4, 0.5) is 0 Å². The van der Waals surface area contributed by atoms with Gasteiger partial charge in [-0.25, -0.2) is 9.97 Å². The molecule has 0 aliphatic rings. The van der Waals surface area contributed by atoms with E-state index in [1.165, 1.54) is 0 Å². The van der Waals surface area contributed by atoms with Crippen LogP contribution in [-0.2, 0) is 0 Å². The number of aromatic nitrogens is 3. The lowest BCUT2D eigenvalue weighted by Gasteiger charge is -2.06. The van der Waals surface area contributed by atoms with Crippen molar-refractivity contribution in [1.82, 2.24) is 15.0 Å². The van der Waals surface area contributed by atoms with Crippen molar-refractivity contribution in [2.45, 2.75) is 0 Å². The summed E-state index contributed by atoms with van der Waals surface area (Å²) in [5, 5.41) is 0. The molecule has 0 amide bonds. The van der Waals surface area contributed by atoms with Crippen LogP contribution in [0.15, 0.2) is 42.6 Å². The third-order valence-electron chi connectivity index (χ3n) is 2.61. The molecule has 0 saturated carbocycles. The number of alkyl halides is 1. The number of H-pyrrole nitrogens is 1. The third-order valence-corrected chi connectivity index (χ3v) is 2.72. The highest BCUT2D eigenvalue weighted by Gasteiger charge is 2.10. The molecule has 4 nitrogen and oxygen atoms in total. The molecule has 3 aromatic rings.